The molecule has 2 aromatic rings. The summed E-state index contributed by atoms with van der Waals surface area (Å²) in [5.41, 5.74) is 8.66. The fraction of sp³-hybridized carbons (Fsp3) is 0.267. The fourth-order valence-corrected chi connectivity index (χ4v) is 2.12. The Morgan fingerprint density at radius 1 is 1.11 bits per heavy atom. The number of benzene rings is 1. The Kier molecular flexibility index (Phi) is 3.58. The first-order valence-corrected chi connectivity index (χ1v) is 6.32. The molecular formula is C15H17ClN2. The van der Waals surface area contributed by atoms with Crippen LogP contribution in [-0.2, 0) is 11.8 Å². The van der Waals surface area contributed by atoms with Crippen LogP contribution in [0.25, 0.3) is 0 Å². The van der Waals surface area contributed by atoms with Gasteiger partial charge in [-0.3, -0.25) is 4.98 Å². The predicted octanol–water partition coefficient (Wildman–Crippen LogP) is 3.84. The van der Waals surface area contributed by atoms with Crippen LogP contribution in [0.1, 0.15) is 25.1 Å². The standard InChI is InChI=1S/C15H17ClN2/c1-15(2,11-3-5-12(16)6-4-11)9-14-8-7-13(17)10-18-14/h3-8,10H,9,17H2,1-2H3. The average molecular weight is 261 g/mol. The maximum Gasteiger partial charge on any atom is 0.0501 e. The van der Waals surface area contributed by atoms with Gasteiger partial charge in [-0.2, -0.15) is 0 Å². The highest BCUT2D eigenvalue weighted by molar-refractivity contribution is 6.30. The van der Waals surface area contributed by atoms with Crippen molar-refractivity contribution in [2.24, 2.45) is 0 Å². The number of nitrogens with zero attached hydrogens (tertiary/aromatic N) is 1. The summed E-state index contributed by atoms with van der Waals surface area (Å²) in [5, 5.41) is 0.764. The Labute approximate surface area is 113 Å². The topological polar surface area (TPSA) is 38.9 Å². The number of nitrogen functional groups attached to an aromatic ring is 1. The van der Waals surface area contributed by atoms with Gasteiger partial charge in [-0.15, -0.1) is 0 Å². The zero-order valence-electron chi connectivity index (χ0n) is 10.7. The molecule has 1 heterocycles. The van der Waals surface area contributed by atoms with Crippen molar-refractivity contribution < 1.29 is 0 Å². The molecule has 0 aliphatic carbocycles. The van der Waals surface area contributed by atoms with Crippen LogP contribution in [-0.4, -0.2) is 4.98 Å². The first-order chi connectivity index (χ1) is 8.47. The third-order valence-electron chi connectivity index (χ3n) is 3.10. The number of halogens is 1. The number of hydrogen-bond donors (Lipinski definition) is 1. The number of pyridine rings is 1. The molecule has 18 heavy (non-hydrogen) atoms. The van der Waals surface area contributed by atoms with Crippen molar-refractivity contribution in [3.05, 3.63) is 58.9 Å². The molecule has 0 spiro atoms. The first-order valence-electron chi connectivity index (χ1n) is 5.94. The van der Waals surface area contributed by atoms with Crippen LogP contribution in [0.4, 0.5) is 5.69 Å². The maximum absolute atomic E-state index is 5.91. The van der Waals surface area contributed by atoms with E-state index in [4.69, 9.17) is 17.3 Å². The lowest BCUT2D eigenvalue weighted by Crippen LogP contribution is -2.21. The van der Waals surface area contributed by atoms with E-state index < -0.39 is 0 Å². The molecule has 1 aromatic heterocycles. The number of rotatable bonds is 3. The van der Waals surface area contributed by atoms with Crippen LogP contribution < -0.4 is 5.73 Å². The van der Waals surface area contributed by atoms with Gasteiger partial charge in [0.1, 0.15) is 0 Å². The molecule has 0 amide bonds. The SMILES string of the molecule is CC(C)(Cc1ccc(N)cn1)c1ccc(Cl)cc1. The Bertz CT molecular complexity index is 515. The Balaban J connectivity index is 2.20. The molecule has 2 rings (SSSR count). The minimum atomic E-state index is 0.0215. The fourth-order valence-electron chi connectivity index (χ4n) is 2.00. The third-order valence-corrected chi connectivity index (χ3v) is 3.35. The van der Waals surface area contributed by atoms with E-state index in [2.05, 4.69) is 31.0 Å². The molecule has 0 radical (unpaired) electrons. The van der Waals surface area contributed by atoms with Crippen LogP contribution in [0.3, 0.4) is 0 Å². The Morgan fingerprint density at radius 3 is 2.33 bits per heavy atom. The normalized spacial score (nSPS) is 11.5. The Hall–Kier alpha value is -1.54. The van der Waals surface area contributed by atoms with Gasteiger partial charge < -0.3 is 5.73 Å². The van der Waals surface area contributed by atoms with Crippen LogP contribution in [0.15, 0.2) is 42.6 Å². The monoisotopic (exact) mass is 260 g/mol. The molecule has 3 heteroatoms. The molecule has 0 fully saturated rings. The molecule has 0 bridgehead atoms. The summed E-state index contributed by atoms with van der Waals surface area (Å²) < 4.78 is 0. The van der Waals surface area contributed by atoms with Crippen LogP contribution in [0.2, 0.25) is 5.02 Å². The van der Waals surface area contributed by atoms with E-state index in [9.17, 15) is 0 Å². The number of nitrogens with two attached hydrogens (primary N) is 1. The molecule has 0 atom stereocenters. The first kappa shape index (κ1) is 12.9. The number of anilines is 1. The molecule has 0 unspecified atom stereocenters. The quantitative estimate of drug-likeness (QED) is 0.911. The second-order valence-corrected chi connectivity index (χ2v) is 5.59. The van der Waals surface area contributed by atoms with Gasteiger partial charge in [-0.05, 0) is 41.7 Å². The minimum Gasteiger partial charge on any atom is -0.397 e. The summed E-state index contributed by atoms with van der Waals surface area (Å²) in [7, 11) is 0. The van der Waals surface area contributed by atoms with Crippen molar-refractivity contribution in [1.29, 1.82) is 0 Å². The van der Waals surface area contributed by atoms with Crippen molar-refractivity contribution in [1.82, 2.24) is 4.98 Å². The number of hydrogen-bond acceptors (Lipinski definition) is 2. The van der Waals surface area contributed by atoms with E-state index in [1.165, 1.54) is 5.56 Å². The van der Waals surface area contributed by atoms with Crippen molar-refractivity contribution >= 4 is 17.3 Å². The van der Waals surface area contributed by atoms with E-state index in [0.29, 0.717) is 5.69 Å². The minimum absolute atomic E-state index is 0.0215. The maximum atomic E-state index is 5.91. The molecule has 0 aliphatic rings. The zero-order valence-corrected chi connectivity index (χ0v) is 11.4. The summed E-state index contributed by atoms with van der Waals surface area (Å²) in [6.07, 6.45) is 2.57. The van der Waals surface area contributed by atoms with Gasteiger partial charge in [0, 0.05) is 10.7 Å². The summed E-state index contributed by atoms with van der Waals surface area (Å²) in [6.45, 7) is 4.41. The summed E-state index contributed by atoms with van der Waals surface area (Å²) in [4.78, 5) is 4.36. The number of aromatic nitrogens is 1. The Morgan fingerprint density at radius 2 is 1.78 bits per heavy atom. The molecule has 2 nitrogen and oxygen atoms in total. The van der Waals surface area contributed by atoms with Crippen LogP contribution in [0, 0.1) is 0 Å². The molecule has 0 saturated carbocycles. The van der Waals surface area contributed by atoms with E-state index in [-0.39, 0.29) is 5.41 Å². The lowest BCUT2D eigenvalue weighted by molar-refractivity contribution is 0.515. The van der Waals surface area contributed by atoms with E-state index >= 15 is 0 Å². The van der Waals surface area contributed by atoms with Crippen molar-refractivity contribution in [3.8, 4) is 0 Å². The molecule has 0 saturated heterocycles. The van der Waals surface area contributed by atoms with Crippen molar-refractivity contribution in [2.45, 2.75) is 25.7 Å². The molecule has 1 aromatic carbocycles. The third kappa shape index (κ3) is 3.02. The van der Waals surface area contributed by atoms with Crippen LogP contribution in [0.5, 0.6) is 0 Å². The van der Waals surface area contributed by atoms with E-state index in [1.807, 2.05) is 24.3 Å². The second-order valence-electron chi connectivity index (χ2n) is 5.15. The van der Waals surface area contributed by atoms with Gasteiger partial charge in [0.15, 0.2) is 0 Å². The van der Waals surface area contributed by atoms with E-state index in [1.54, 1.807) is 6.20 Å². The largest absolute Gasteiger partial charge is 0.397 e. The smallest absolute Gasteiger partial charge is 0.0501 e. The highest BCUT2D eigenvalue weighted by Crippen LogP contribution is 2.28. The lowest BCUT2D eigenvalue weighted by atomic mass is 9.80. The van der Waals surface area contributed by atoms with Crippen LogP contribution >= 0.6 is 11.6 Å². The highest BCUT2D eigenvalue weighted by atomic mass is 35.5. The van der Waals surface area contributed by atoms with Crippen molar-refractivity contribution in [3.63, 3.8) is 0 Å². The molecule has 2 N–H and O–H groups in total. The van der Waals surface area contributed by atoms with Gasteiger partial charge >= 0.3 is 0 Å². The average Bonchev–Trinajstić information content (AvgIpc) is 2.32. The second kappa shape index (κ2) is 4.99. The zero-order chi connectivity index (χ0) is 13.2. The van der Waals surface area contributed by atoms with Gasteiger partial charge in [-0.25, -0.2) is 0 Å². The van der Waals surface area contributed by atoms with E-state index in [0.717, 1.165) is 17.1 Å². The van der Waals surface area contributed by atoms with Gasteiger partial charge in [0.2, 0.25) is 0 Å². The summed E-state index contributed by atoms with van der Waals surface area (Å²) >= 11 is 5.91. The molecule has 0 aliphatic heterocycles. The molecule has 94 valence electrons. The van der Waals surface area contributed by atoms with Gasteiger partial charge in [0.05, 0.1) is 11.9 Å². The molecular weight excluding hydrogens is 244 g/mol. The van der Waals surface area contributed by atoms with Crippen molar-refractivity contribution in [2.75, 3.05) is 5.73 Å². The predicted molar refractivity (Wildman–Crippen MR) is 76.8 cm³/mol. The highest BCUT2D eigenvalue weighted by Gasteiger charge is 2.21. The summed E-state index contributed by atoms with van der Waals surface area (Å²) in [5.74, 6) is 0. The lowest BCUT2D eigenvalue weighted by Gasteiger charge is -2.25. The van der Waals surface area contributed by atoms with Gasteiger partial charge in [0.25, 0.3) is 0 Å². The van der Waals surface area contributed by atoms with Gasteiger partial charge in [-0.1, -0.05) is 37.6 Å². The summed E-state index contributed by atoms with van der Waals surface area (Å²) in [6, 6.07) is 11.9.